The lowest BCUT2D eigenvalue weighted by Crippen LogP contribution is -2.19. The topological polar surface area (TPSA) is 84.2 Å². The second kappa shape index (κ2) is 8.10. The number of nitrogens with one attached hydrogen (secondary N) is 2. The molecule has 0 heterocycles. The number of thioether (sulfide) groups is 1. The Morgan fingerprint density at radius 3 is 2.43 bits per heavy atom. The maximum absolute atomic E-state index is 12.0. The number of primary amides is 1. The molecular weight excluding hydrogens is 357 g/mol. The molecule has 5 nitrogen and oxygen atoms in total. The van der Waals surface area contributed by atoms with Crippen LogP contribution < -0.4 is 16.4 Å². The number of anilines is 2. The van der Waals surface area contributed by atoms with Crippen LogP contribution in [0.3, 0.4) is 0 Å². The Bertz CT molecular complexity index is 740. The van der Waals surface area contributed by atoms with Crippen molar-refractivity contribution in [2.45, 2.75) is 4.90 Å². The second-order valence-electron chi connectivity index (χ2n) is 4.48. The molecule has 2 aromatic rings. The van der Waals surface area contributed by atoms with E-state index in [9.17, 15) is 9.59 Å². The van der Waals surface area contributed by atoms with Crippen LogP contribution in [0.25, 0.3) is 0 Å². The standard InChI is InChI=1S/C15H13Cl2N3O2S/c16-9-4-5-12(17)13(6-9)23-8-14(21)19-10-2-1-3-11(7-10)20-15(18)22/h1-7H,8H2,(H,19,21)(H3,18,20,22). The lowest BCUT2D eigenvalue weighted by Gasteiger charge is -2.08. The fraction of sp³-hybridized carbons (Fsp3) is 0.0667. The molecule has 0 aliphatic rings. The Morgan fingerprint density at radius 2 is 1.74 bits per heavy atom. The number of halogens is 2. The molecule has 23 heavy (non-hydrogen) atoms. The quantitative estimate of drug-likeness (QED) is 0.689. The number of hydrogen-bond acceptors (Lipinski definition) is 3. The van der Waals surface area contributed by atoms with Gasteiger partial charge < -0.3 is 16.4 Å². The van der Waals surface area contributed by atoms with E-state index in [4.69, 9.17) is 28.9 Å². The molecule has 0 aromatic heterocycles. The van der Waals surface area contributed by atoms with Gasteiger partial charge in [-0.2, -0.15) is 0 Å². The van der Waals surface area contributed by atoms with Crippen LogP contribution >= 0.6 is 35.0 Å². The van der Waals surface area contributed by atoms with E-state index in [1.807, 2.05) is 0 Å². The summed E-state index contributed by atoms with van der Waals surface area (Å²) in [5.41, 5.74) is 6.11. The molecule has 8 heteroatoms. The van der Waals surface area contributed by atoms with Gasteiger partial charge in [-0.3, -0.25) is 4.79 Å². The predicted molar refractivity (Wildman–Crippen MR) is 95.5 cm³/mol. The number of amides is 3. The lowest BCUT2D eigenvalue weighted by atomic mass is 10.3. The zero-order valence-electron chi connectivity index (χ0n) is 11.8. The lowest BCUT2D eigenvalue weighted by molar-refractivity contribution is -0.113. The highest BCUT2D eigenvalue weighted by Crippen LogP contribution is 2.29. The zero-order chi connectivity index (χ0) is 16.8. The number of rotatable bonds is 5. The van der Waals surface area contributed by atoms with E-state index in [2.05, 4.69) is 10.6 Å². The zero-order valence-corrected chi connectivity index (χ0v) is 14.1. The molecule has 0 aliphatic heterocycles. The molecule has 0 bridgehead atoms. The third-order valence-corrected chi connectivity index (χ3v) is 4.40. The molecule has 2 rings (SSSR count). The SMILES string of the molecule is NC(=O)Nc1cccc(NC(=O)CSc2cc(Cl)ccc2Cl)c1. The highest BCUT2D eigenvalue weighted by Gasteiger charge is 2.08. The summed E-state index contributed by atoms with van der Waals surface area (Å²) in [5, 5.41) is 6.27. The smallest absolute Gasteiger partial charge is 0.316 e. The van der Waals surface area contributed by atoms with E-state index in [-0.39, 0.29) is 11.7 Å². The van der Waals surface area contributed by atoms with E-state index in [0.29, 0.717) is 21.4 Å². The van der Waals surface area contributed by atoms with Crippen molar-refractivity contribution in [1.29, 1.82) is 0 Å². The minimum atomic E-state index is -0.667. The summed E-state index contributed by atoms with van der Waals surface area (Å²) in [4.78, 5) is 23.5. The molecule has 4 N–H and O–H groups in total. The van der Waals surface area contributed by atoms with Crippen LogP contribution in [0.4, 0.5) is 16.2 Å². The highest BCUT2D eigenvalue weighted by molar-refractivity contribution is 8.00. The highest BCUT2D eigenvalue weighted by atomic mass is 35.5. The summed E-state index contributed by atoms with van der Waals surface area (Å²) >= 11 is 13.2. The maximum Gasteiger partial charge on any atom is 0.316 e. The molecule has 120 valence electrons. The number of nitrogens with two attached hydrogens (primary N) is 1. The van der Waals surface area contributed by atoms with Gasteiger partial charge in [-0.1, -0.05) is 29.3 Å². The van der Waals surface area contributed by atoms with Crippen LogP contribution in [-0.2, 0) is 4.79 Å². The van der Waals surface area contributed by atoms with Crippen molar-refractivity contribution >= 4 is 58.3 Å². The van der Waals surface area contributed by atoms with Gasteiger partial charge in [0.1, 0.15) is 0 Å². The van der Waals surface area contributed by atoms with E-state index >= 15 is 0 Å². The largest absolute Gasteiger partial charge is 0.351 e. The maximum atomic E-state index is 12.0. The molecular formula is C15H13Cl2N3O2S. The molecule has 0 radical (unpaired) electrons. The summed E-state index contributed by atoms with van der Waals surface area (Å²) in [6.45, 7) is 0. The van der Waals surface area contributed by atoms with Gasteiger partial charge in [0.15, 0.2) is 0 Å². The van der Waals surface area contributed by atoms with Gasteiger partial charge in [0.2, 0.25) is 5.91 Å². The van der Waals surface area contributed by atoms with Crippen LogP contribution in [0.15, 0.2) is 47.4 Å². The average Bonchev–Trinajstić information content (AvgIpc) is 2.48. The van der Waals surface area contributed by atoms with Crippen molar-refractivity contribution in [3.63, 3.8) is 0 Å². The number of hydrogen-bond donors (Lipinski definition) is 3. The molecule has 0 saturated heterocycles. The van der Waals surface area contributed by atoms with Crippen LogP contribution in [-0.4, -0.2) is 17.7 Å². The molecule has 0 atom stereocenters. The van der Waals surface area contributed by atoms with Crippen molar-refractivity contribution in [1.82, 2.24) is 0 Å². The van der Waals surface area contributed by atoms with Crippen molar-refractivity contribution in [2.75, 3.05) is 16.4 Å². The monoisotopic (exact) mass is 369 g/mol. The Hall–Kier alpha value is -1.89. The third-order valence-electron chi connectivity index (χ3n) is 2.67. The Kier molecular flexibility index (Phi) is 6.15. The summed E-state index contributed by atoms with van der Waals surface area (Å²) in [7, 11) is 0. The van der Waals surface area contributed by atoms with Gasteiger partial charge in [0, 0.05) is 21.3 Å². The van der Waals surface area contributed by atoms with Gasteiger partial charge in [0.05, 0.1) is 10.8 Å². The van der Waals surface area contributed by atoms with E-state index in [0.717, 1.165) is 4.90 Å². The van der Waals surface area contributed by atoms with E-state index in [1.165, 1.54) is 11.8 Å². The van der Waals surface area contributed by atoms with E-state index in [1.54, 1.807) is 42.5 Å². The van der Waals surface area contributed by atoms with Crippen molar-refractivity contribution < 1.29 is 9.59 Å². The summed E-state index contributed by atoms with van der Waals surface area (Å²) in [6.07, 6.45) is 0. The number of carbonyl (C=O) groups excluding carboxylic acids is 2. The minimum absolute atomic E-state index is 0.174. The molecule has 2 aromatic carbocycles. The van der Waals surface area contributed by atoms with Crippen LogP contribution in [0.5, 0.6) is 0 Å². The van der Waals surface area contributed by atoms with Gasteiger partial charge in [0.25, 0.3) is 0 Å². The van der Waals surface area contributed by atoms with Crippen molar-refractivity contribution in [3.05, 3.63) is 52.5 Å². The first-order chi connectivity index (χ1) is 10.9. The number of benzene rings is 2. The molecule has 0 fully saturated rings. The van der Waals surface area contributed by atoms with Crippen LogP contribution in [0, 0.1) is 0 Å². The predicted octanol–water partition coefficient (Wildman–Crippen LogP) is 4.21. The third kappa shape index (κ3) is 5.67. The first kappa shape index (κ1) is 17.5. The Balaban J connectivity index is 1.94. The Labute approximate surface area is 147 Å². The van der Waals surface area contributed by atoms with Gasteiger partial charge in [-0.25, -0.2) is 4.79 Å². The van der Waals surface area contributed by atoms with Crippen LogP contribution in [0.2, 0.25) is 10.0 Å². The average molecular weight is 370 g/mol. The van der Waals surface area contributed by atoms with Gasteiger partial charge in [-0.05, 0) is 36.4 Å². The molecule has 0 spiro atoms. The first-order valence-electron chi connectivity index (χ1n) is 6.48. The Morgan fingerprint density at radius 1 is 1.04 bits per heavy atom. The van der Waals surface area contributed by atoms with Gasteiger partial charge >= 0.3 is 6.03 Å². The molecule has 0 unspecified atom stereocenters. The number of carbonyl (C=O) groups is 2. The summed E-state index contributed by atoms with van der Waals surface area (Å²) < 4.78 is 0. The molecule has 3 amide bonds. The first-order valence-corrected chi connectivity index (χ1v) is 8.22. The van der Waals surface area contributed by atoms with Crippen LogP contribution in [0.1, 0.15) is 0 Å². The summed E-state index contributed by atoms with van der Waals surface area (Å²) in [5.74, 6) is -0.0321. The normalized spacial score (nSPS) is 10.2. The fourth-order valence-corrected chi connectivity index (χ4v) is 3.04. The minimum Gasteiger partial charge on any atom is -0.351 e. The second-order valence-corrected chi connectivity index (χ2v) is 6.34. The summed E-state index contributed by atoms with van der Waals surface area (Å²) in [6, 6.07) is 11.1. The number of urea groups is 1. The molecule has 0 saturated carbocycles. The van der Waals surface area contributed by atoms with Crippen molar-refractivity contribution in [3.8, 4) is 0 Å². The molecule has 0 aliphatic carbocycles. The fourth-order valence-electron chi connectivity index (χ4n) is 1.75. The van der Waals surface area contributed by atoms with Gasteiger partial charge in [-0.15, -0.1) is 11.8 Å². The van der Waals surface area contributed by atoms with E-state index < -0.39 is 6.03 Å². The van der Waals surface area contributed by atoms with Crippen molar-refractivity contribution in [2.24, 2.45) is 5.73 Å².